The van der Waals surface area contributed by atoms with Crippen LogP contribution < -0.4 is 24.7 Å². The van der Waals surface area contributed by atoms with Gasteiger partial charge in [0.05, 0.1) is 39.8 Å². The summed E-state index contributed by atoms with van der Waals surface area (Å²) in [6.07, 6.45) is 1.68. The van der Waals surface area contributed by atoms with E-state index in [2.05, 4.69) is 30.3 Å². The van der Waals surface area contributed by atoms with Gasteiger partial charge in [0, 0.05) is 31.2 Å². The second-order valence-electron chi connectivity index (χ2n) is 8.65. The van der Waals surface area contributed by atoms with Gasteiger partial charge >= 0.3 is 0 Å². The van der Waals surface area contributed by atoms with Crippen molar-refractivity contribution in [1.29, 1.82) is 0 Å². The van der Waals surface area contributed by atoms with Gasteiger partial charge in [-0.3, -0.25) is 0 Å². The fraction of sp³-hybridized carbons (Fsp3) is 0.385. The summed E-state index contributed by atoms with van der Waals surface area (Å²) in [5.74, 6) is 2.81. The number of methoxy groups -OCH3 is 1. The Labute approximate surface area is 226 Å². The molecule has 200 valence electrons. The first-order chi connectivity index (χ1) is 18.7. The molecule has 3 heterocycles. The minimum absolute atomic E-state index is 0.368. The molecule has 0 bridgehead atoms. The third-order valence-electron chi connectivity index (χ3n) is 6.07. The lowest BCUT2D eigenvalue weighted by Crippen LogP contribution is -2.40. The molecular formula is C26H30ClN7O4. The van der Waals surface area contributed by atoms with Gasteiger partial charge in [0.1, 0.15) is 6.61 Å². The molecule has 2 saturated heterocycles. The average Bonchev–Trinajstić information content (AvgIpc) is 2.98. The SMILES string of the molecule is COc1ccc(/C=N\Nc2nc(N3CCOCC3)nc(N3CCOCC3)n2)cc1OCc1ccc(Cl)cc1. The largest absolute Gasteiger partial charge is 0.493 e. The topological polar surface area (TPSA) is 106 Å². The number of benzene rings is 2. The number of hydrogen-bond acceptors (Lipinski definition) is 11. The van der Waals surface area contributed by atoms with Gasteiger partial charge in [-0.15, -0.1) is 0 Å². The van der Waals surface area contributed by atoms with Crippen LogP contribution in [0.3, 0.4) is 0 Å². The number of ether oxygens (including phenoxy) is 4. The second-order valence-corrected chi connectivity index (χ2v) is 9.09. The Bertz CT molecular complexity index is 1200. The zero-order valence-electron chi connectivity index (χ0n) is 21.2. The van der Waals surface area contributed by atoms with Crippen LogP contribution in [0.1, 0.15) is 11.1 Å². The maximum Gasteiger partial charge on any atom is 0.250 e. The maximum atomic E-state index is 6.01. The smallest absolute Gasteiger partial charge is 0.250 e. The highest BCUT2D eigenvalue weighted by Gasteiger charge is 2.20. The minimum Gasteiger partial charge on any atom is -0.493 e. The van der Waals surface area contributed by atoms with E-state index in [0.29, 0.717) is 67.4 Å². The molecule has 2 aliphatic heterocycles. The molecule has 2 aliphatic rings. The lowest BCUT2D eigenvalue weighted by atomic mass is 10.2. The van der Waals surface area contributed by atoms with Crippen LogP contribution in [0, 0.1) is 0 Å². The van der Waals surface area contributed by atoms with Crippen molar-refractivity contribution in [2.45, 2.75) is 6.61 Å². The van der Waals surface area contributed by atoms with Crippen molar-refractivity contribution < 1.29 is 18.9 Å². The molecule has 1 aromatic heterocycles. The van der Waals surface area contributed by atoms with Crippen molar-refractivity contribution in [3.8, 4) is 11.5 Å². The zero-order chi connectivity index (χ0) is 26.2. The second kappa shape index (κ2) is 12.7. The molecule has 1 N–H and O–H groups in total. The zero-order valence-corrected chi connectivity index (χ0v) is 21.9. The first-order valence-electron chi connectivity index (χ1n) is 12.4. The van der Waals surface area contributed by atoms with Crippen molar-refractivity contribution >= 4 is 35.7 Å². The van der Waals surface area contributed by atoms with Crippen LogP contribution in [0.5, 0.6) is 11.5 Å². The van der Waals surface area contributed by atoms with Crippen molar-refractivity contribution in [2.75, 3.05) is 74.9 Å². The third kappa shape index (κ3) is 6.80. The molecule has 0 amide bonds. The number of aromatic nitrogens is 3. The summed E-state index contributed by atoms with van der Waals surface area (Å²) in [4.78, 5) is 18.1. The summed E-state index contributed by atoms with van der Waals surface area (Å²) in [6, 6.07) is 13.1. The van der Waals surface area contributed by atoms with Gasteiger partial charge in [0.25, 0.3) is 0 Å². The van der Waals surface area contributed by atoms with Gasteiger partial charge in [-0.25, -0.2) is 5.43 Å². The average molecular weight is 540 g/mol. The molecule has 12 heteroatoms. The molecule has 5 rings (SSSR count). The van der Waals surface area contributed by atoms with Crippen molar-refractivity contribution in [1.82, 2.24) is 15.0 Å². The summed E-state index contributed by atoms with van der Waals surface area (Å²) in [5.41, 5.74) is 4.79. The van der Waals surface area contributed by atoms with E-state index in [9.17, 15) is 0 Å². The molecule has 11 nitrogen and oxygen atoms in total. The molecular weight excluding hydrogens is 510 g/mol. The number of halogens is 1. The number of anilines is 3. The van der Waals surface area contributed by atoms with Crippen molar-refractivity contribution in [2.24, 2.45) is 5.10 Å². The Morgan fingerprint density at radius 2 is 1.53 bits per heavy atom. The van der Waals surface area contributed by atoms with Crippen LogP contribution in [0.2, 0.25) is 5.02 Å². The van der Waals surface area contributed by atoms with Crippen LogP contribution in [-0.4, -0.2) is 80.9 Å². The van der Waals surface area contributed by atoms with Crippen LogP contribution in [0.15, 0.2) is 47.6 Å². The van der Waals surface area contributed by atoms with E-state index in [1.54, 1.807) is 13.3 Å². The van der Waals surface area contributed by atoms with Gasteiger partial charge in [-0.2, -0.15) is 20.1 Å². The Morgan fingerprint density at radius 3 is 2.13 bits per heavy atom. The summed E-state index contributed by atoms with van der Waals surface area (Å²) in [6.45, 7) is 5.82. The monoisotopic (exact) mass is 539 g/mol. The molecule has 0 radical (unpaired) electrons. The molecule has 38 heavy (non-hydrogen) atoms. The molecule has 0 saturated carbocycles. The van der Waals surface area contributed by atoms with Gasteiger partial charge in [-0.1, -0.05) is 23.7 Å². The van der Waals surface area contributed by atoms with Gasteiger partial charge < -0.3 is 28.7 Å². The third-order valence-corrected chi connectivity index (χ3v) is 6.33. The number of morpholine rings is 2. The van der Waals surface area contributed by atoms with Crippen molar-refractivity contribution in [3.05, 3.63) is 58.6 Å². The molecule has 0 spiro atoms. The molecule has 0 aliphatic carbocycles. The quantitative estimate of drug-likeness (QED) is 0.322. The fourth-order valence-corrected chi connectivity index (χ4v) is 4.13. The highest BCUT2D eigenvalue weighted by Crippen LogP contribution is 2.28. The van der Waals surface area contributed by atoms with E-state index in [1.165, 1.54) is 0 Å². The van der Waals surface area contributed by atoms with Gasteiger partial charge in [0.15, 0.2) is 11.5 Å². The van der Waals surface area contributed by atoms with Crippen LogP contribution in [0.4, 0.5) is 17.8 Å². The molecule has 0 atom stereocenters. The van der Waals surface area contributed by atoms with E-state index >= 15 is 0 Å². The highest BCUT2D eigenvalue weighted by atomic mass is 35.5. The van der Waals surface area contributed by atoms with Crippen LogP contribution >= 0.6 is 11.6 Å². The van der Waals surface area contributed by atoms with Gasteiger partial charge in [0.2, 0.25) is 17.8 Å². The normalized spacial score (nSPS) is 16.1. The number of rotatable bonds is 9. The van der Waals surface area contributed by atoms with E-state index in [1.807, 2.05) is 42.5 Å². The lowest BCUT2D eigenvalue weighted by Gasteiger charge is -2.30. The van der Waals surface area contributed by atoms with E-state index in [0.717, 1.165) is 37.3 Å². The fourth-order valence-electron chi connectivity index (χ4n) is 4.01. The summed E-state index contributed by atoms with van der Waals surface area (Å²) >= 11 is 5.98. The molecule has 2 fully saturated rings. The first-order valence-corrected chi connectivity index (χ1v) is 12.8. The lowest BCUT2D eigenvalue weighted by molar-refractivity contribution is 0.121. The van der Waals surface area contributed by atoms with E-state index < -0.39 is 0 Å². The standard InChI is InChI=1S/C26H30ClN7O4/c1-35-22-7-4-20(16-23(22)38-18-19-2-5-21(27)6-3-19)17-28-32-24-29-25(33-8-12-36-13-9-33)31-26(30-24)34-10-14-37-15-11-34/h2-7,16-17H,8-15,18H2,1H3,(H,29,30,31,32)/b28-17-. The summed E-state index contributed by atoms with van der Waals surface area (Å²) < 4.78 is 22.4. The predicted octanol–water partition coefficient (Wildman–Crippen LogP) is 3.23. The molecule has 2 aromatic carbocycles. The Balaban J connectivity index is 1.30. The first kappa shape index (κ1) is 26.0. The maximum absolute atomic E-state index is 6.01. The Kier molecular flexibility index (Phi) is 8.69. The number of nitrogens with one attached hydrogen (secondary N) is 1. The Hall–Kier alpha value is -3.67. The predicted molar refractivity (Wildman–Crippen MR) is 146 cm³/mol. The number of nitrogens with zero attached hydrogens (tertiary/aromatic N) is 6. The number of hydrazone groups is 1. The van der Waals surface area contributed by atoms with Crippen molar-refractivity contribution in [3.63, 3.8) is 0 Å². The minimum atomic E-state index is 0.368. The molecule has 3 aromatic rings. The Morgan fingerprint density at radius 1 is 0.895 bits per heavy atom. The van der Waals surface area contributed by atoms with Crippen LogP contribution in [0.25, 0.3) is 0 Å². The van der Waals surface area contributed by atoms with Gasteiger partial charge in [-0.05, 0) is 41.5 Å². The highest BCUT2D eigenvalue weighted by molar-refractivity contribution is 6.30. The summed E-state index contributed by atoms with van der Waals surface area (Å²) in [7, 11) is 1.61. The molecule has 0 unspecified atom stereocenters. The number of hydrogen-bond donors (Lipinski definition) is 1. The van der Waals surface area contributed by atoms with E-state index in [4.69, 9.17) is 35.5 Å². The van der Waals surface area contributed by atoms with Crippen LogP contribution in [-0.2, 0) is 16.1 Å². The van der Waals surface area contributed by atoms with E-state index in [-0.39, 0.29) is 0 Å². The summed E-state index contributed by atoms with van der Waals surface area (Å²) in [5, 5.41) is 5.07.